The van der Waals surface area contributed by atoms with Gasteiger partial charge < -0.3 is 9.80 Å². The molecule has 0 aromatic carbocycles. The maximum Gasteiger partial charge on any atom is 0.287 e. The molecule has 6 heterocycles. The van der Waals surface area contributed by atoms with Crippen molar-refractivity contribution in [2.24, 2.45) is 7.05 Å². The molecule has 3 aromatic rings. The minimum atomic E-state index is -0.268. The number of hydrogen-bond donors (Lipinski definition) is 0. The molecule has 3 aromatic heterocycles. The first kappa shape index (κ1) is 16.4. The Bertz CT molecular complexity index is 1100. The van der Waals surface area contributed by atoms with E-state index in [1.807, 2.05) is 13.0 Å². The molecule has 2 bridgehead atoms. The van der Waals surface area contributed by atoms with Crippen LogP contribution < -0.4 is 15.4 Å². The van der Waals surface area contributed by atoms with E-state index in [1.165, 1.54) is 4.68 Å². The zero-order valence-corrected chi connectivity index (χ0v) is 15.8. The van der Waals surface area contributed by atoms with Gasteiger partial charge in [-0.15, -0.1) is 0 Å². The summed E-state index contributed by atoms with van der Waals surface area (Å²) in [5.41, 5.74) is 1.30. The molecular formula is C18H18ClN7O. The average Bonchev–Trinajstić information content (AvgIpc) is 2.66. The van der Waals surface area contributed by atoms with Crippen LogP contribution >= 0.6 is 11.6 Å². The molecule has 6 rings (SSSR count). The van der Waals surface area contributed by atoms with E-state index >= 15 is 0 Å². The van der Waals surface area contributed by atoms with Crippen LogP contribution in [0.4, 0.5) is 11.5 Å². The van der Waals surface area contributed by atoms with Crippen molar-refractivity contribution in [1.82, 2.24) is 24.7 Å². The van der Waals surface area contributed by atoms with Gasteiger partial charge in [0.15, 0.2) is 0 Å². The maximum absolute atomic E-state index is 12.1. The molecule has 3 fully saturated rings. The lowest BCUT2D eigenvalue weighted by Crippen LogP contribution is -2.69. The number of aromatic nitrogens is 5. The van der Waals surface area contributed by atoms with Crippen molar-refractivity contribution < 1.29 is 0 Å². The van der Waals surface area contributed by atoms with Gasteiger partial charge >= 0.3 is 0 Å². The second-order valence-corrected chi connectivity index (χ2v) is 7.49. The van der Waals surface area contributed by atoms with Crippen LogP contribution in [0.15, 0.2) is 29.5 Å². The lowest BCUT2D eigenvalue weighted by Gasteiger charge is -2.57. The van der Waals surface area contributed by atoms with Gasteiger partial charge in [0.2, 0.25) is 0 Å². The van der Waals surface area contributed by atoms with E-state index in [2.05, 4.69) is 24.9 Å². The smallest absolute Gasteiger partial charge is 0.287 e. The number of piperidine rings is 1. The van der Waals surface area contributed by atoms with E-state index in [9.17, 15) is 4.79 Å². The Morgan fingerprint density at radius 2 is 1.96 bits per heavy atom. The Morgan fingerprint density at radius 1 is 1.19 bits per heavy atom. The van der Waals surface area contributed by atoms with E-state index in [0.29, 0.717) is 17.8 Å². The third-order valence-electron chi connectivity index (χ3n) is 5.43. The van der Waals surface area contributed by atoms with Gasteiger partial charge in [-0.2, -0.15) is 5.10 Å². The van der Waals surface area contributed by atoms with Crippen LogP contribution in [-0.2, 0) is 7.05 Å². The standard InChI is InChI=1S/C18H18ClN7O/c1-10-22-14-6-20-4-3-13(14)17(23-10)26-11-5-12(26)9-25(8-11)15-7-21-24(2)18(27)16(15)19/h3-4,6-7,11-12H,5,8-9H2,1-2H3. The lowest BCUT2D eigenvalue weighted by molar-refractivity contribution is 0.289. The molecule has 0 amide bonds. The minimum absolute atomic E-state index is 0.231. The highest BCUT2D eigenvalue weighted by atomic mass is 35.5. The molecular weight excluding hydrogens is 366 g/mol. The summed E-state index contributed by atoms with van der Waals surface area (Å²) < 4.78 is 1.26. The van der Waals surface area contributed by atoms with Crippen LogP contribution in [-0.4, -0.2) is 49.9 Å². The number of aryl methyl sites for hydroxylation is 2. The highest BCUT2D eigenvalue weighted by Gasteiger charge is 2.46. The zero-order chi connectivity index (χ0) is 18.7. The van der Waals surface area contributed by atoms with E-state index in [0.717, 1.165) is 42.1 Å². The monoisotopic (exact) mass is 383 g/mol. The van der Waals surface area contributed by atoms with Crippen LogP contribution in [0, 0.1) is 6.92 Å². The zero-order valence-electron chi connectivity index (χ0n) is 15.0. The fourth-order valence-corrected chi connectivity index (χ4v) is 4.44. The summed E-state index contributed by atoms with van der Waals surface area (Å²) >= 11 is 6.29. The summed E-state index contributed by atoms with van der Waals surface area (Å²) in [6.07, 6.45) is 6.33. The van der Waals surface area contributed by atoms with Crippen molar-refractivity contribution in [2.75, 3.05) is 22.9 Å². The Balaban J connectivity index is 1.48. The summed E-state index contributed by atoms with van der Waals surface area (Å²) in [6, 6.07) is 2.60. The average molecular weight is 384 g/mol. The fraction of sp³-hybridized carbons (Fsp3) is 0.389. The third kappa shape index (κ3) is 2.47. The molecule has 2 atom stereocenters. The topological polar surface area (TPSA) is 80.0 Å². The number of halogens is 1. The molecule has 3 saturated heterocycles. The molecule has 0 radical (unpaired) electrons. The minimum Gasteiger partial charge on any atom is -0.365 e. The van der Waals surface area contributed by atoms with Crippen molar-refractivity contribution in [3.8, 4) is 0 Å². The van der Waals surface area contributed by atoms with Crippen LogP contribution in [0.2, 0.25) is 5.02 Å². The molecule has 0 aliphatic carbocycles. The number of rotatable bonds is 2. The highest BCUT2D eigenvalue weighted by Crippen LogP contribution is 2.40. The Hall–Kier alpha value is -2.74. The van der Waals surface area contributed by atoms with Crippen molar-refractivity contribution in [3.05, 3.63) is 45.9 Å². The van der Waals surface area contributed by atoms with Crippen LogP contribution in [0.1, 0.15) is 12.2 Å². The first-order valence-corrected chi connectivity index (χ1v) is 9.24. The van der Waals surface area contributed by atoms with E-state index in [-0.39, 0.29) is 10.6 Å². The van der Waals surface area contributed by atoms with Gasteiger partial charge in [0, 0.05) is 31.7 Å². The second kappa shape index (κ2) is 5.88. The summed E-state index contributed by atoms with van der Waals surface area (Å²) in [5.74, 6) is 1.71. The molecule has 0 N–H and O–H groups in total. The van der Waals surface area contributed by atoms with Crippen molar-refractivity contribution in [1.29, 1.82) is 0 Å². The number of hydrogen-bond acceptors (Lipinski definition) is 7. The molecule has 0 saturated carbocycles. The SMILES string of the molecule is Cc1nc(N2C3CC2CN(c2cnn(C)c(=O)c2Cl)C3)c2ccncc2n1. The van der Waals surface area contributed by atoms with Gasteiger partial charge in [0.1, 0.15) is 16.7 Å². The molecule has 27 heavy (non-hydrogen) atoms. The van der Waals surface area contributed by atoms with Crippen molar-refractivity contribution in [2.45, 2.75) is 25.4 Å². The second-order valence-electron chi connectivity index (χ2n) is 7.12. The first-order valence-electron chi connectivity index (χ1n) is 8.86. The lowest BCUT2D eigenvalue weighted by atomic mass is 9.86. The van der Waals surface area contributed by atoms with Crippen LogP contribution in [0.25, 0.3) is 10.9 Å². The van der Waals surface area contributed by atoms with Crippen molar-refractivity contribution in [3.63, 3.8) is 0 Å². The quantitative estimate of drug-likeness (QED) is 0.664. The fourth-order valence-electron chi connectivity index (χ4n) is 4.15. The highest BCUT2D eigenvalue weighted by molar-refractivity contribution is 6.33. The van der Waals surface area contributed by atoms with E-state index in [1.54, 1.807) is 25.6 Å². The van der Waals surface area contributed by atoms with E-state index in [4.69, 9.17) is 16.6 Å². The number of anilines is 2. The van der Waals surface area contributed by atoms with Crippen molar-refractivity contribution >= 4 is 34.0 Å². The van der Waals surface area contributed by atoms with Gasteiger partial charge in [-0.05, 0) is 19.4 Å². The molecule has 138 valence electrons. The summed E-state index contributed by atoms with van der Waals surface area (Å²) in [4.78, 5) is 30.0. The van der Waals surface area contributed by atoms with Crippen LogP contribution in [0.5, 0.6) is 0 Å². The molecule has 9 heteroatoms. The molecule has 3 aliphatic heterocycles. The molecule has 2 unspecified atom stereocenters. The first-order chi connectivity index (χ1) is 13.0. The van der Waals surface area contributed by atoms with Gasteiger partial charge in [-0.1, -0.05) is 11.6 Å². The van der Waals surface area contributed by atoms with Crippen LogP contribution in [0.3, 0.4) is 0 Å². The van der Waals surface area contributed by atoms with E-state index < -0.39 is 0 Å². The number of fused-ring (bicyclic) bond motifs is 3. The summed E-state index contributed by atoms with van der Waals surface area (Å²) in [7, 11) is 1.60. The predicted octanol–water partition coefficient (Wildman–Crippen LogP) is 1.55. The summed E-state index contributed by atoms with van der Waals surface area (Å²) in [5, 5.41) is 5.37. The third-order valence-corrected chi connectivity index (χ3v) is 5.78. The van der Waals surface area contributed by atoms with Gasteiger partial charge in [0.25, 0.3) is 5.56 Å². The number of pyridine rings is 1. The van der Waals surface area contributed by atoms with Gasteiger partial charge in [0.05, 0.1) is 35.7 Å². The maximum atomic E-state index is 12.1. The molecule has 0 spiro atoms. The van der Waals surface area contributed by atoms with Gasteiger partial charge in [-0.3, -0.25) is 9.78 Å². The number of nitrogens with zero attached hydrogens (tertiary/aromatic N) is 7. The Kier molecular flexibility index (Phi) is 3.58. The Labute approximate surface area is 160 Å². The summed E-state index contributed by atoms with van der Waals surface area (Å²) in [6.45, 7) is 3.46. The number of piperazine rings is 1. The molecule has 3 aliphatic rings. The van der Waals surface area contributed by atoms with Gasteiger partial charge in [-0.25, -0.2) is 14.6 Å². The predicted molar refractivity (Wildman–Crippen MR) is 103 cm³/mol. The molecule has 8 nitrogen and oxygen atoms in total. The normalized spacial score (nSPS) is 21.4. The largest absolute Gasteiger partial charge is 0.365 e. The Morgan fingerprint density at radius 3 is 2.74 bits per heavy atom.